The normalized spacial score (nSPS) is 26.7. The lowest BCUT2D eigenvalue weighted by molar-refractivity contribution is 0.0617. The summed E-state index contributed by atoms with van der Waals surface area (Å²) in [6.45, 7) is 6.56. The fourth-order valence-corrected chi connectivity index (χ4v) is 1.73. The summed E-state index contributed by atoms with van der Waals surface area (Å²) in [5, 5.41) is 0. The largest absolute Gasteiger partial charge is 0.591 e. The van der Waals surface area contributed by atoms with Crippen molar-refractivity contribution in [3.63, 3.8) is 0 Å². The molecular formula is C10H19NO2S. The van der Waals surface area contributed by atoms with Gasteiger partial charge in [0.25, 0.3) is 0 Å². The molecule has 0 bridgehead atoms. The maximum Gasteiger partial charge on any atom is 0.144 e. The molecule has 1 heterocycles. The lowest BCUT2D eigenvalue weighted by Gasteiger charge is -2.21. The lowest BCUT2D eigenvalue weighted by Crippen LogP contribution is -2.27. The smallest absolute Gasteiger partial charge is 0.144 e. The molecule has 1 saturated heterocycles. The third-order valence-corrected chi connectivity index (χ3v) is 3.42. The van der Waals surface area contributed by atoms with E-state index >= 15 is 0 Å². The summed E-state index contributed by atoms with van der Waals surface area (Å²) in [6.07, 6.45) is 5.10. The van der Waals surface area contributed by atoms with Crippen LogP contribution in [-0.4, -0.2) is 28.2 Å². The summed E-state index contributed by atoms with van der Waals surface area (Å²) < 4.78 is 20.8. The Morgan fingerprint density at radius 2 is 2.14 bits per heavy atom. The molecule has 0 radical (unpaired) electrons. The highest BCUT2D eigenvalue weighted by Gasteiger charge is 2.26. The minimum atomic E-state index is -1.15. The van der Waals surface area contributed by atoms with Crippen molar-refractivity contribution in [3.05, 3.63) is 0 Å². The zero-order chi connectivity index (χ0) is 10.6. The molecule has 0 aromatic carbocycles. The van der Waals surface area contributed by atoms with Crippen LogP contribution in [-0.2, 0) is 16.1 Å². The highest BCUT2D eigenvalue weighted by atomic mass is 32.2. The fourth-order valence-electron chi connectivity index (χ4n) is 1.16. The second-order valence-corrected chi connectivity index (χ2v) is 6.45. The Morgan fingerprint density at radius 3 is 2.64 bits per heavy atom. The molecule has 0 amide bonds. The molecular weight excluding hydrogens is 198 g/mol. The summed E-state index contributed by atoms with van der Waals surface area (Å²) in [4.78, 5) is 0. The summed E-state index contributed by atoms with van der Waals surface area (Å²) in [6, 6.07) is 0. The molecule has 0 aromatic rings. The van der Waals surface area contributed by atoms with Gasteiger partial charge in [-0.2, -0.15) is 0 Å². The zero-order valence-electron chi connectivity index (χ0n) is 9.16. The molecule has 82 valence electrons. The standard InChI is InChI=1S/C10H19NO2S/c1-10(2,3)14(12)11-8-9-6-4-5-7-13-9/h8-9H,4-7H2,1-3H3/t9?,14-/m1/s1. The molecule has 0 saturated carbocycles. The second kappa shape index (κ2) is 5.14. The van der Waals surface area contributed by atoms with Crippen LogP contribution in [0.4, 0.5) is 0 Å². The highest BCUT2D eigenvalue weighted by molar-refractivity contribution is 7.91. The lowest BCUT2D eigenvalue weighted by atomic mass is 10.1. The first-order valence-corrected chi connectivity index (χ1v) is 6.18. The van der Waals surface area contributed by atoms with Gasteiger partial charge in [-0.15, -0.1) is 0 Å². The van der Waals surface area contributed by atoms with Crippen LogP contribution < -0.4 is 0 Å². The Bertz CT molecular complexity index is 195. The van der Waals surface area contributed by atoms with Gasteiger partial charge < -0.3 is 9.29 Å². The van der Waals surface area contributed by atoms with Gasteiger partial charge >= 0.3 is 0 Å². The first-order chi connectivity index (χ1) is 6.50. The van der Waals surface area contributed by atoms with E-state index in [4.69, 9.17) is 4.74 Å². The number of nitrogens with zero attached hydrogens (tertiary/aromatic N) is 1. The van der Waals surface area contributed by atoms with Crippen molar-refractivity contribution in [2.45, 2.75) is 50.9 Å². The highest BCUT2D eigenvalue weighted by Crippen LogP contribution is 2.17. The molecule has 4 heteroatoms. The van der Waals surface area contributed by atoms with Gasteiger partial charge in [0, 0.05) is 6.61 Å². The Balaban J connectivity index is 2.38. The van der Waals surface area contributed by atoms with Gasteiger partial charge in [-0.05, 0) is 40.0 Å². The van der Waals surface area contributed by atoms with Gasteiger partial charge in [-0.1, -0.05) is 4.40 Å². The van der Waals surface area contributed by atoms with Gasteiger partial charge in [0.15, 0.2) is 0 Å². The Kier molecular flexibility index (Phi) is 4.41. The summed E-state index contributed by atoms with van der Waals surface area (Å²) in [5.41, 5.74) is 0. The molecule has 1 aliphatic heterocycles. The molecule has 14 heavy (non-hydrogen) atoms. The Labute approximate surface area is 89.3 Å². The first-order valence-electron chi connectivity index (χ1n) is 5.08. The van der Waals surface area contributed by atoms with Crippen molar-refractivity contribution in [3.8, 4) is 0 Å². The molecule has 0 N–H and O–H groups in total. The van der Waals surface area contributed by atoms with Crippen LogP contribution in [0.2, 0.25) is 0 Å². The molecule has 0 spiro atoms. The molecule has 0 aromatic heterocycles. The average Bonchev–Trinajstić information content (AvgIpc) is 2.14. The van der Waals surface area contributed by atoms with Gasteiger partial charge in [0.1, 0.15) is 16.1 Å². The van der Waals surface area contributed by atoms with Crippen LogP contribution >= 0.6 is 0 Å². The van der Waals surface area contributed by atoms with E-state index in [1.54, 1.807) is 6.21 Å². The zero-order valence-corrected chi connectivity index (χ0v) is 9.97. The van der Waals surface area contributed by atoms with E-state index in [1.165, 1.54) is 6.42 Å². The van der Waals surface area contributed by atoms with Crippen molar-refractivity contribution in [1.82, 2.24) is 0 Å². The quantitative estimate of drug-likeness (QED) is 0.525. The van der Waals surface area contributed by atoms with E-state index in [-0.39, 0.29) is 10.9 Å². The third kappa shape index (κ3) is 3.98. The molecule has 1 unspecified atom stereocenters. The summed E-state index contributed by atoms with van der Waals surface area (Å²) in [7, 11) is 0. The maximum absolute atomic E-state index is 11.6. The summed E-state index contributed by atoms with van der Waals surface area (Å²) >= 11 is -1.15. The first kappa shape index (κ1) is 12.0. The van der Waals surface area contributed by atoms with Crippen LogP contribution in [0, 0.1) is 0 Å². The van der Waals surface area contributed by atoms with Crippen LogP contribution in [0.3, 0.4) is 0 Å². The number of rotatable bonds is 2. The number of hydrogen-bond donors (Lipinski definition) is 0. The van der Waals surface area contributed by atoms with E-state index < -0.39 is 11.4 Å². The van der Waals surface area contributed by atoms with Gasteiger partial charge in [0.2, 0.25) is 0 Å². The van der Waals surface area contributed by atoms with E-state index in [2.05, 4.69) is 4.40 Å². The van der Waals surface area contributed by atoms with Crippen molar-refractivity contribution in [2.24, 2.45) is 4.40 Å². The van der Waals surface area contributed by atoms with Gasteiger partial charge in [0.05, 0.1) is 12.3 Å². The molecule has 3 nitrogen and oxygen atoms in total. The van der Waals surface area contributed by atoms with E-state index in [9.17, 15) is 4.55 Å². The Morgan fingerprint density at radius 1 is 1.43 bits per heavy atom. The van der Waals surface area contributed by atoms with Gasteiger partial charge in [-0.25, -0.2) is 0 Å². The Hall–Kier alpha value is -0.0600. The average molecular weight is 217 g/mol. The van der Waals surface area contributed by atoms with Crippen LogP contribution in [0.25, 0.3) is 0 Å². The van der Waals surface area contributed by atoms with Crippen molar-refractivity contribution >= 4 is 17.6 Å². The van der Waals surface area contributed by atoms with E-state index in [1.807, 2.05) is 20.8 Å². The third-order valence-electron chi connectivity index (χ3n) is 2.06. The monoisotopic (exact) mass is 217 g/mol. The minimum absolute atomic E-state index is 0.0787. The van der Waals surface area contributed by atoms with Crippen LogP contribution in [0.5, 0.6) is 0 Å². The molecule has 2 atom stereocenters. The topological polar surface area (TPSA) is 44.7 Å². The number of ether oxygens (including phenoxy) is 1. The SMILES string of the molecule is CC(C)(C)[S@@+]([O-])N=CC1CCCCO1. The molecule has 1 fully saturated rings. The molecule has 1 rings (SSSR count). The minimum Gasteiger partial charge on any atom is -0.591 e. The fraction of sp³-hybridized carbons (Fsp3) is 0.900. The molecule has 1 aliphatic rings. The maximum atomic E-state index is 11.6. The van der Waals surface area contributed by atoms with E-state index in [0.717, 1.165) is 19.4 Å². The predicted octanol–water partition coefficient (Wildman–Crippen LogP) is 2.09. The van der Waals surface area contributed by atoms with Crippen molar-refractivity contribution in [2.75, 3.05) is 6.61 Å². The summed E-state index contributed by atoms with van der Waals surface area (Å²) in [5.74, 6) is 0. The van der Waals surface area contributed by atoms with E-state index in [0.29, 0.717) is 0 Å². The second-order valence-electron chi connectivity index (χ2n) is 4.52. The molecule has 0 aliphatic carbocycles. The van der Waals surface area contributed by atoms with Crippen molar-refractivity contribution < 1.29 is 9.29 Å². The van der Waals surface area contributed by atoms with Crippen LogP contribution in [0.1, 0.15) is 40.0 Å². The predicted molar refractivity (Wildman–Crippen MR) is 60.0 cm³/mol. The van der Waals surface area contributed by atoms with Crippen molar-refractivity contribution in [1.29, 1.82) is 0 Å². The number of hydrogen-bond acceptors (Lipinski definition) is 3. The van der Waals surface area contributed by atoms with Crippen LogP contribution in [0.15, 0.2) is 4.40 Å². The van der Waals surface area contributed by atoms with Gasteiger partial charge in [-0.3, -0.25) is 0 Å².